The fraction of sp³-hybridized carbons (Fsp3) is 0.333. The molecule has 94 valence electrons. The predicted molar refractivity (Wildman–Crippen MR) is 65.9 cm³/mol. The molecule has 0 aliphatic heterocycles. The molecule has 0 aromatic heterocycles. The first-order valence-corrected chi connectivity index (χ1v) is 5.84. The molecular weight excluding hydrogens is 295 g/mol. The second-order valence-corrected chi connectivity index (χ2v) is 4.83. The van der Waals surface area contributed by atoms with E-state index in [1.54, 1.807) is 13.0 Å². The molecule has 0 amide bonds. The van der Waals surface area contributed by atoms with Crippen LogP contribution in [0, 0.1) is 0 Å². The average Bonchev–Trinajstić information content (AvgIpc) is 2.24. The minimum atomic E-state index is -4.32. The van der Waals surface area contributed by atoms with E-state index in [1.165, 1.54) is 12.1 Å². The van der Waals surface area contributed by atoms with Crippen LogP contribution in [-0.4, -0.2) is 6.54 Å². The third-order valence-corrected chi connectivity index (χ3v) is 2.61. The normalized spacial score (nSPS) is 13.5. The van der Waals surface area contributed by atoms with Crippen molar-refractivity contribution in [1.82, 2.24) is 5.32 Å². The van der Waals surface area contributed by atoms with E-state index in [9.17, 15) is 13.2 Å². The van der Waals surface area contributed by atoms with Gasteiger partial charge in [-0.15, -0.1) is 0 Å². The van der Waals surface area contributed by atoms with Gasteiger partial charge >= 0.3 is 6.18 Å². The molecular formula is C12H13BrF3N. The van der Waals surface area contributed by atoms with E-state index < -0.39 is 11.7 Å². The molecule has 1 aromatic rings. The maximum atomic E-state index is 12.8. The van der Waals surface area contributed by atoms with Crippen LogP contribution in [0.3, 0.4) is 0 Å². The molecule has 0 aliphatic rings. The van der Waals surface area contributed by atoms with Gasteiger partial charge in [0.2, 0.25) is 0 Å². The zero-order chi connectivity index (χ0) is 13.1. The number of halogens is 4. The highest BCUT2D eigenvalue weighted by Crippen LogP contribution is 2.34. The maximum Gasteiger partial charge on any atom is 0.416 e. The summed E-state index contributed by atoms with van der Waals surface area (Å²) < 4.78 is 39.0. The Morgan fingerprint density at radius 3 is 2.53 bits per heavy atom. The molecule has 0 radical (unpaired) electrons. The lowest BCUT2D eigenvalue weighted by atomic mass is 10.0. The lowest BCUT2D eigenvalue weighted by molar-refractivity contribution is -0.138. The molecule has 1 N–H and O–H groups in total. The molecule has 0 aliphatic carbocycles. The Hall–Kier alpha value is -0.810. The van der Waals surface area contributed by atoms with Crippen molar-refractivity contribution in [3.8, 4) is 0 Å². The van der Waals surface area contributed by atoms with Gasteiger partial charge in [-0.05, 0) is 18.6 Å². The summed E-state index contributed by atoms with van der Waals surface area (Å²) in [6.45, 7) is 5.74. The standard InChI is InChI=1S/C12H13BrF3N/c1-8(13)7-17-9(2)10-5-3-4-6-11(10)12(14,15)16/h3-6,9,17H,1,7H2,2H3. The van der Waals surface area contributed by atoms with Gasteiger partial charge in [0.1, 0.15) is 0 Å². The zero-order valence-corrected chi connectivity index (χ0v) is 10.9. The molecule has 5 heteroatoms. The molecule has 0 heterocycles. The summed E-state index contributed by atoms with van der Waals surface area (Å²) in [5, 5.41) is 2.96. The Labute approximate surface area is 107 Å². The van der Waals surface area contributed by atoms with Crippen molar-refractivity contribution in [2.45, 2.75) is 19.1 Å². The monoisotopic (exact) mass is 307 g/mol. The zero-order valence-electron chi connectivity index (χ0n) is 9.31. The van der Waals surface area contributed by atoms with Crippen LogP contribution in [0.4, 0.5) is 13.2 Å². The quantitative estimate of drug-likeness (QED) is 0.876. The number of nitrogens with one attached hydrogen (secondary N) is 1. The number of alkyl halides is 3. The van der Waals surface area contributed by atoms with Gasteiger partial charge in [-0.25, -0.2) is 0 Å². The number of benzene rings is 1. The molecule has 0 spiro atoms. The maximum absolute atomic E-state index is 12.8. The van der Waals surface area contributed by atoms with Gasteiger partial charge in [0, 0.05) is 17.1 Å². The third-order valence-electron chi connectivity index (χ3n) is 2.33. The lowest BCUT2D eigenvalue weighted by Gasteiger charge is -2.19. The molecule has 17 heavy (non-hydrogen) atoms. The third kappa shape index (κ3) is 4.16. The van der Waals surface area contributed by atoms with Gasteiger partial charge in [0.05, 0.1) is 5.56 Å². The molecule has 1 nitrogen and oxygen atoms in total. The highest BCUT2D eigenvalue weighted by atomic mass is 79.9. The molecule has 1 unspecified atom stereocenters. The molecule has 0 saturated heterocycles. The molecule has 0 fully saturated rings. The average molecular weight is 308 g/mol. The lowest BCUT2D eigenvalue weighted by Crippen LogP contribution is -2.22. The molecule has 1 atom stereocenters. The fourth-order valence-corrected chi connectivity index (χ4v) is 1.67. The number of rotatable bonds is 4. The van der Waals surface area contributed by atoms with Crippen molar-refractivity contribution >= 4 is 15.9 Å². The van der Waals surface area contributed by atoms with Crippen molar-refractivity contribution < 1.29 is 13.2 Å². The van der Waals surface area contributed by atoms with Gasteiger partial charge in [0.15, 0.2) is 0 Å². The van der Waals surface area contributed by atoms with Gasteiger partial charge in [0.25, 0.3) is 0 Å². The largest absolute Gasteiger partial charge is 0.416 e. The van der Waals surface area contributed by atoms with Crippen LogP contribution in [0.5, 0.6) is 0 Å². The Bertz CT molecular complexity index is 401. The van der Waals surface area contributed by atoms with Gasteiger partial charge < -0.3 is 5.32 Å². The molecule has 1 aromatic carbocycles. The van der Waals surface area contributed by atoms with Crippen molar-refractivity contribution in [3.05, 3.63) is 46.5 Å². The smallest absolute Gasteiger partial charge is 0.306 e. The first-order chi connectivity index (χ1) is 7.82. The van der Waals surface area contributed by atoms with Gasteiger partial charge in [-0.3, -0.25) is 0 Å². The minimum absolute atomic E-state index is 0.244. The second kappa shape index (κ2) is 5.69. The van der Waals surface area contributed by atoms with Crippen LogP contribution in [0.2, 0.25) is 0 Å². The summed E-state index contributed by atoms with van der Waals surface area (Å²) in [7, 11) is 0. The summed E-state index contributed by atoms with van der Waals surface area (Å²) in [4.78, 5) is 0. The van der Waals surface area contributed by atoms with Crippen LogP contribution in [0.1, 0.15) is 24.1 Å². The highest BCUT2D eigenvalue weighted by Gasteiger charge is 2.33. The second-order valence-electron chi connectivity index (χ2n) is 3.70. The number of hydrogen-bond acceptors (Lipinski definition) is 1. The van der Waals surface area contributed by atoms with E-state index in [-0.39, 0.29) is 11.6 Å². The Balaban J connectivity index is 2.93. The topological polar surface area (TPSA) is 12.0 Å². The first kappa shape index (κ1) is 14.3. The summed E-state index contributed by atoms with van der Waals surface area (Å²) in [5.74, 6) is 0. The highest BCUT2D eigenvalue weighted by molar-refractivity contribution is 9.11. The molecule has 1 rings (SSSR count). The van der Waals surface area contributed by atoms with Crippen LogP contribution >= 0.6 is 15.9 Å². The van der Waals surface area contributed by atoms with E-state index >= 15 is 0 Å². The van der Waals surface area contributed by atoms with Crippen LogP contribution in [-0.2, 0) is 6.18 Å². The van der Waals surface area contributed by atoms with E-state index in [0.717, 1.165) is 6.07 Å². The Morgan fingerprint density at radius 1 is 1.41 bits per heavy atom. The molecule has 0 bridgehead atoms. The summed E-state index contributed by atoms with van der Waals surface area (Å²) in [6.07, 6.45) is -4.32. The predicted octanol–water partition coefficient (Wildman–Crippen LogP) is 4.26. The van der Waals surface area contributed by atoms with Crippen molar-refractivity contribution in [2.24, 2.45) is 0 Å². The van der Waals surface area contributed by atoms with Crippen molar-refractivity contribution in [3.63, 3.8) is 0 Å². The van der Waals surface area contributed by atoms with E-state index in [4.69, 9.17) is 0 Å². The van der Waals surface area contributed by atoms with Crippen LogP contribution in [0.15, 0.2) is 35.3 Å². The number of hydrogen-bond donors (Lipinski definition) is 1. The minimum Gasteiger partial charge on any atom is -0.306 e. The van der Waals surface area contributed by atoms with Gasteiger partial charge in [-0.1, -0.05) is 40.7 Å². The van der Waals surface area contributed by atoms with Gasteiger partial charge in [-0.2, -0.15) is 13.2 Å². The fourth-order valence-electron chi connectivity index (χ4n) is 1.51. The van der Waals surface area contributed by atoms with E-state index in [1.807, 2.05) is 0 Å². The van der Waals surface area contributed by atoms with E-state index in [2.05, 4.69) is 27.8 Å². The Kier molecular flexibility index (Phi) is 4.77. The molecule has 0 saturated carbocycles. The van der Waals surface area contributed by atoms with E-state index in [0.29, 0.717) is 11.0 Å². The summed E-state index contributed by atoms with van der Waals surface area (Å²) in [6, 6.07) is 5.18. The van der Waals surface area contributed by atoms with Crippen molar-refractivity contribution in [2.75, 3.05) is 6.54 Å². The Morgan fingerprint density at radius 2 is 2.00 bits per heavy atom. The summed E-state index contributed by atoms with van der Waals surface area (Å²) >= 11 is 3.15. The van der Waals surface area contributed by atoms with Crippen molar-refractivity contribution in [1.29, 1.82) is 0 Å². The SMILES string of the molecule is C=C(Br)CNC(C)c1ccccc1C(F)(F)F. The first-order valence-electron chi connectivity index (χ1n) is 5.05. The van der Waals surface area contributed by atoms with Crippen LogP contribution in [0.25, 0.3) is 0 Å². The summed E-state index contributed by atoms with van der Waals surface area (Å²) in [5.41, 5.74) is -0.353. The van der Waals surface area contributed by atoms with Crippen LogP contribution < -0.4 is 5.32 Å².